The van der Waals surface area contributed by atoms with Crippen molar-refractivity contribution in [1.29, 1.82) is 0 Å². The highest BCUT2D eigenvalue weighted by Gasteiger charge is 2.31. The Morgan fingerprint density at radius 3 is 2.17 bits per heavy atom. The highest BCUT2D eigenvalue weighted by Crippen LogP contribution is 2.30. The van der Waals surface area contributed by atoms with E-state index in [2.05, 4.69) is 5.32 Å². The van der Waals surface area contributed by atoms with Crippen LogP contribution in [0.15, 0.2) is 48.5 Å². The molecule has 10 heteroatoms. The first-order valence-corrected chi connectivity index (χ1v) is 10.8. The van der Waals surface area contributed by atoms with Gasteiger partial charge < -0.3 is 10.1 Å². The van der Waals surface area contributed by atoms with Gasteiger partial charge in [0, 0.05) is 0 Å². The molecule has 2 aromatic carbocycles. The molecule has 0 aliphatic rings. The third-order valence-corrected chi connectivity index (χ3v) is 5.24. The number of amides is 1. The fourth-order valence-corrected chi connectivity index (χ4v) is 3.42. The van der Waals surface area contributed by atoms with Crippen molar-refractivity contribution in [3.8, 4) is 5.75 Å². The van der Waals surface area contributed by atoms with Gasteiger partial charge in [0.05, 0.1) is 23.5 Å². The molecule has 30 heavy (non-hydrogen) atoms. The summed E-state index contributed by atoms with van der Waals surface area (Å²) in [5.41, 5.74) is 0.128. The van der Waals surface area contributed by atoms with Crippen molar-refractivity contribution in [3.05, 3.63) is 59.7 Å². The van der Waals surface area contributed by atoms with Gasteiger partial charge in [-0.15, -0.1) is 0 Å². The van der Waals surface area contributed by atoms with Crippen molar-refractivity contribution in [1.82, 2.24) is 5.32 Å². The second-order valence-electron chi connectivity index (χ2n) is 6.91. The first-order chi connectivity index (χ1) is 13.9. The fraction of sp³-hybridized carbons (Fsp3) is 0.350. The van der Waals surface area contributed by atoms with Crippen molar-refractivity contribution in [2.45, 2.75) is 26.1 Å². The van der Waals surface area contributed by atoms with E-state index >= 15 is 0 Å². The summed E-state index contributed by atoms with van der Waals surface area (Å²) in [6, 6.07) is 10.5. The van der Waals surface area contributed by atoms with Gasteiger partial charge in [-0.2, -0.15) is 13.2 Å². The summed E-state index contributed by atoms with van der Waals surface area (Å²) in [4.78, 5) is 12.3. The number of benzene rings is 2. The number of sulfonamides is 1. The van der Waals surface area contributed by atoms with E-state index in [0.29, 0.717) is 5.75 Å². The average Bonchev–Trinajstić information content (AvgIpc) is 2.64. The van der Waals surface area contributed by atoms with Crippen LogP contribution in [0, 0.1) is 6.92 Å². The summed E-state index contributed by atoms with van der Waals surface area (Å²) in [7, 11) is -3.90. The topological polar surface area (TPSA) is 75.7 Å². The number of halogens is 3. The van der Waals surface area contributed by atoms with Gasteiger partial charge >= 0.3 is 6.18 Å². The second kappa shape index (κ2) is 9.38. The fourth-order valence-electron chi connectivity index (χ4n) is 2.56. The number of nitrogens with one attached hydrogen (secondary N) is 1. The van der Waals surface area contributed by atoms with Crippen molar-refractivity contribution in [2.75, 3.05) is 23.7 Å². The third kappa shape index (κ3) is 6.94. The van der Waals surface area contributed by atoms with E-state index in [1.807, 2.05) is 19.1 Å². The second-order valence-corrected chi connectivity index (χ2v) is 8.81. The van der Waals surface area contributed by atoms with Crippen LogP contribution < -0.4 is 14.4 Å². The summed E-state index contributed by atoms with van der Waals surface area (Å²) < 4.78 is 68.6. The monoisotopic (exact) mass is 444 g/mol. The number of ether oxygens (including phenoxy) is 1. The number of hydrogen-bond acceptors (Lipinski definition) is 4. The molecule has 0 fully saturated rings. The highest BCUT2D eigenvalue weighted by molar-refractivity contribution is 7.92. The van der Waals surface area contributed by atoms with Crippen molar-refractivity contribution in [3.63, 3.8) is 0 Å². The van der Waals surface area contributed by atoms with Gasteiger partial charge in [-0.25, -0.2) is 8.42 Å². The molecule has 6 nitrogen and oxygen atoms in total. The predicted molar refractivity (Wildman–Crippen MR) is 108 cm³/mol. The smallest absolute Gasteiger partial charge is 0.416 e. The Morgan fingerprint density at radius 1 is 1.10 bits per heavy atom. The minimum absolute atomic E-state index is 0.0378. The molecule has 0 bridgehead atoms. The van der Waals surface area contributed by atoms with Crippen LogP contribution in [0.25, 0.3) is 0 Å². The quantitative estimate of drug-likeness (QED) is 0.678. The molecule has 0 saturated carbocycles. The summed E-state index contributed by atoms with van der Waals surface area (Å²) in [5, 5.41) is 2.62. The third-order valence-electron chi connectivity index (χ3n) is 4.10. The van der Waals surface area contributed by atoms with Gasteiger partial charge in [0.25, 0.3) is 0 Å². The first kappa shape index (κ1) is 23.5. The SMILES string of the molecule is Cc1ccc(OC[C@H](C)NC(=O)CN(c2ccc(C(F)(F)F)cc2)S(C)(=O)=O)cc1. The van der Waals surface area contributed by atoms with Crippen LogP contribution in [0.3, 0.4) is 0 Å². The van der Waals surface area contributed by atoms with Crippen molar-refractivity contribution in [2.24, 2.45) is 0 Å². The van der Waals surface area contributed by atoms with Crippen LogP contribution in [0.2, 0.25) is 0 Å². The van der Waals surface area contributed by atoms with E-state index in [-0.39, 0.29) is 12.3 Å². The molecule has 0 radical (unpaired) electrons. The summed E-state index contributed by atoms with van der Waals surface area (Å²) >= 11 is 0. The molecule has 1 amide bonds. The predicted octanol–water partition coefficient (Wildman–Crippen LogP) is 3.36. The molecule has 164 valence electrons. The zero-order valence-corrected chi connectivity index (χ0v) is 17.5. The molecule has 1 N–H and O–H groups in total. The van der Waals surface area contributed by atoms with Crippen molar-refractivity contribution >= 4 is 21.6 Å². The highest BCUT2D eigenvalue weighted by atomic mass is 32.2. The zero-order chi connectivity index (χ0) is 22.5. The average molecular weight is 444 g/mol. The summed E-state index contributed by atoms with van der Waals surface area (Å²) in [6.07, 6.45) is -3.67. The maximum atomic E-state index is 12.7. The van der Waals surface area contributed by atoms with Crippen LogP contribution >= 0.6 is 0 Å². The Morgan fingerprint density at radius 2 is 1.67 bits per heavy atom. The maximum absolute atomic E-state index is 12.7. The van der Waals surface area contributed by atoms with Crippen LogP contribution in [0.1, 0.15) is 18.1 Å². The van der Waals surface area contributed by atoms with Gasteiger partial charge in [0.1, 0.15) is 18.9 Å². The van der Waals surface area contributed by atoms with Gasteiger partial charge in [0.15, 0.2) is 0 Å². The van der Waals surface area contributed by atoms with E-state index < -0.39 is 40.3 Å². The van der Waals surface area contributed by atoms with Gasteiger partial charge in [-0.05, 0) is 50.2 Å². The van der Waals surface area contributed by atoms with Gasteiger partial charge in [-0.3, -0.25) is 9.10 Å². The number of nitrogens with zero attached hydrogens (tertiary/aromatic N) is 1. The number of carbonyl (C=O) groups excluding carboxylic acids is 1. The molecule has 1 atom stereocenters. The molecule has 2 rings (SSSR count). The molecule has 0 heterocycles. The minimum atomic E-state index is -4.54. The Labute approximate surface area is 173 Å². The Hall–Kier alpha value is -2.75. The van der Waals surface area contributed by atoms with E-state index in [9.17, 15) is 26.4 Å². The molecule has 0 aliphatic carbocycles. The standard InChI is InChI=1S/C20H23F3N2O4S/c1-14-4-10-18(11-5-14)29-13-15(2)24-19(26)12-25(30(3,27)28)17-8-6-16(7-9-17)20(21,22)23/h4-11,15H,12-13H2,1-3H3,(H,24,26)/t15-/m0/s1. The lowest BCUT2D eigenvalue weighted by molar-refractivity contribution is -0.137. The molecular formula is C20H23F3N2O4S. The number of hydrogen-bond donors (Lipinski definition) is 1. The molecule has 0 aliphatic heterocycles. The van der Waals surface area contributed by atoms with E-state index in [4.69, 9.17) is 4.74 Å². The van der Waals surface area contributed by atoms with Gasteiger partial charge in [0.2, 0.25) is 15.9 Å². The molecular weight excluding hydrogens is 421 g/mol. The number of carbonyl (C=O) groups is 1. The van der Waals surface area contributed by atoms with E-state index in [1.54, 1.807) is 19.1 Å². The molecule has 0 saturated heterocycles. The lowest BCUT2D eigenvalue weighted by Gasteiger charge is -2.23. The lowest BCUT2D eigenvalue weighted by Crippen LogP contribution is -2.44. The molecule has 0 aromatic heterocycles. The Balaban J connectivity index is 2.00. The Kier molecular flexibility index (Phi) is 7.35. The largest absolute Gasteiger partial charge is 0.491 e. The number of anilines is 1. The number of rotatable bonds is 8. The molecule has 0 spiro atoms. The van der Waals surface area contributed by atoms with Crippen LogP contribution in [0.5, 0.6) is 5.75 Å². The molecule has 0 unspecified atom stereocenters. The van der Waals surface area contributed by atoms with Crippen LogP contribution in [0.4, 0.5) is 18.9 Å². The number of alkyl halides is 3. The summed E-state index contributed by atoms with van der Waals surface area (Å²) in [5.74, 6) is 0.0181. The van der Waals surface area contributed by atoms with Crippen molar-refractivity contribution < 1.29 is 31.1 Å². The minimum Gasteiger partial charge on any atom is -0.491 e. The maximum Gasteiger partial charge on any atom is 0.416 e. The first-order valence-electron chi connectivity index (χ1n) is 9.00. The summed E-state index contributed by atoms with van der Waals surface area (Å²) in [6.45, 7) is 3.22. The van der Waals surface area contributed by atoms with E-state index in [1.165, 1.54) is 0 Å². The normalized spacial score (nSPS) is 12.9. The van der Waals surface area contributed by atoms with E-state index in [0.717, 1.165) is 40.4 Å². The zero-order valence-electron chi connectivity index (χ0n) is 16.7. The lowest BCUT2D eigenvalue weighted by atomic mass is 10.2. The number of aryl methyl sites for hydroxylation is 1. The van der Waals surface area contributed by atoms with Gasteiger partial charge in [-0.1, -0.05) is 17.7 Å². The molecule has 2 aromatic rings. The Bertz CT molecular complexity index is 959. The van der Waals surface area contributed by atoms with Crippen LogP contribution in [-0.4, -0.2) is 39.8 Å². The van der Waals surface area contributed by atoms with Crippen LogP contribution in [-0.2, 0) is 21.0 Å².